The molecular formula is C9H12ClN3S. The zero-order valence-corrected chi connectivity index (χ0v) is 9.31. The van der Waals surface area contributed by atoms with Crippen molar-refractivity contribution in [1.29, 1.82) is 0 Å². The number of nitrogens with zero attached hydrogens (tertiary/aromatic N) is 2. The summed E-state index contributed by atoms with van der Waals surface area (Å²) in [5.41, 5.74) is 0. The molecule has 0 radical (unpaired) electrons. The van der Waals surface area contributed by atoms with Gasteiger partial charge in [-0.25, -0.2) is 9.97 Å². The van der Waals surface area contributed by atoms with Crippen molar-refractivity contribution in [2.45, 2.75) is 23.1 Å². The second kappa shape index (κ2) is 4.96. The van der Waals surface area contributed by atoms with Gasteiger partial charge in [0.1, 0.15) is 16.5 Å². The quantitative estimate of drug-likeness (QED) is 0.787. The Bertz CT molecular complexity index is 302. The highest BCUT2D eigenvalue weighted by Gasteiger charge is 2.14. The maximum absolute atomic E-state index is 5.78. The minimum absolute atomic E-state index is 0.520. The van der Waals surface area contributed by atoms with Crippen molar-refractivity contribution in [2.24, 2.45) is 0 Å². The zero-order valence-electron chi connectivity index (χ0n) is 7.74. The number of rotatable bonds is 2. The van der Waals surface area contributed by atoms with E-state index in [4.69, 9.17) is 11.6 Å². The molecular weight excluding hydrogens is 218 g/mol. The summed E-state index contributed by atoms with van der Waals surface area (Å²) in [6.45, 7) is 2.20. The van der Waals surface area contributed by atoms with Crippen molar-refractivity contribution in [3.8, 4) is 0 Å². The fourth-order valence-corrected chi connectivity index (χ4v) is 2.80. The van der Waals surface area contributed by atoms with Gasteiger partial charge in [-0.15, -0.1) is 11.8 Å². The number of hydrogen-bond acceptors (Lipinski definition) is 4. The topological polar surface area (TPSA) is 37.8 Å². The first-order valence-corrected chi connectivity index (χ1v) is 5.95. The molecule has 2 heterocycles. The molecule has 1 atom stereocenters. The Kier molecular flexibility index (Phi) is 3.61. The number of nitrogens with one attached hydrogen (secondary N) is 1. The van der Waals surface area contributed by atoms with Gasteiger partial charge in [-0.1, -0.05) is 11.6 Å². The van der Waals surface area contributed by atoms with E-state index in [-0.39, 0.29) is 0 Å². The summed E-state index contributed by atoms with van der Waals surface area (Å²) in [6.07, 6.45) is 4.01. The first kappa shape index (κ1) is 10.2. The number of piperidine rings is 1. The van der Waals surface area contributed by atoms with Crippen LogP contribution in [0.1, 0.15) is 12.8 Å². The Morgan fingerprint density at radius 3 is 3.14 bits per heavy atom. The van der Waals surface area contributed by atoms with E-state index in [1.165, 1.54) is 19.2 Å². The number of hydrogen-bond donors (Lipinski definition) is 1. The lowest BCUT2D eigenvalue weighted by molar-refractivity contribution is 0.531. The third-order valence-electron chi connectivity index (χ3n) is 2.15. The molecule has 1 aliphatic rings. The van der Waals surface area contributed by atoms with Gasteiger partial charge in [0, 0.05) is 17.9 Å². The van der Waals surface area contributed by atoms with Crippen LogP contribution in [0, 0.1) is 0 Å². The summed E-state index contributed by atoms with van der Waals surface area (Å²) >= 11 is 7.56. The Morgan fingerprint density at radius 1 is 1.50 bits per heavy atom. The van der Waals surface area contributed by atoms with E-state index < -0.39 is 0 Å². The minimum Gasteiger partial charge on any atom is -0.316 e. The minimum atomic E-state index is 0.520. The Labute approximate surface area is 92.7 Å². The van der Waals surface area contributed by atoms with Gasteiger partial charge < -0.3 is 5.32 Å². The molecule has 1 aromatic heterocycles. The maximum atomic E-state index is 5.78. The lowest BCUT2D eigenvalue weighted by Gasteiger charge is -2.21. The van der Waals surface area contributed by atoms with Gasteiger partial charge >= 0.3 is 0 Å². The van der Waals surface area contributed by atoms with Gasteiger partial charge in [-0.2, -0.15) is 0 Å². The van der Waals surface area contributed by atoms with Crippen molar-refractivity contribution in [2.75, 3.05) is 13.1 Å². The van der Waals surface area contributed by atoms with Gasteiger partial charge in [0.25, 0.3) is 0 Å². The Morgan fingerprint density at radius 2 is 2.43 bits per heavy atom. The summed E-state index contributed by atoms with van der Waals surface area (Å²) in [6, 6.07) is 1.82. The van der Waals surface area contributed by atoms with E-state index in [9.17, 15) is 0 Å². The van der Waals surface area contributed by atoms with Gasteiger partial charge in [-0.05, 0) is 19.4 Å². The first-order valence-electron chi connectivity index (χ1n) is 4.69. The molecule has 5 heteroatoms. The predicted molar refractivity (Wildman–Crippen MR) is 58.8 cm³/mol. The number of aromatic nitrogens is 2. The van der Waals surface area contributed by atoms with Crippen LogP contribution in [0.4, 0.5) is 0 Å². The number of thioether (sulfide) groups is 1. The van der Waals surface area contributed by atoms with Crippen molar-refractivity contribution >= 4 is 23.4 Å². The van der Waals surface area contributed by atoms with E-state index in [1.54, 1.807) is 11.8 Å². The van der Waals surface area contributed by atoms with Crippen LogP contribution in [0.25, 0.3) is 0 Å². The van der Waals surface area contributed by atoms with Crippen LogP contribution in [0.2, 0.25) is 5.15 Å². The van der Waals surface area contributed by atoms with Crippen LogP contribution in [-0.4, -0.2) is 28.3 Å². The molecule has 0 aliphatic carbocycles. The van der Waals surface area contributed by atoms with Crippen molar-refractivity contribution in [3.63, 3.8) is 0 Å². The lowest BCUT2D eigenvalue weighted by Crippen LogP contribution is -2.31. The van der Waals surface area contributed by atoms with Gasteiger partial charge in [0.2, 0.25) is 0 Å². The Hall–Kier alpha value is -0.320. The van der Waals surface area contributed by atoms with Crippen molar-refractivity contribution in [3.05, 3.63) is 17.5 Å². The summed E-state index contributed by atoms with van der Waals surface area (Å²) in [5.74, 6) is 0. The maximum Gasteiger partial charge on any atom is 0.133 e. The molecule has 76 valence electrons. The highest BCUT2D eigenvalue weighted by atomic mass is 35.5. The summed E-state index contributed by atoms with van der Waals surface area (Å²) in [7, 11) is 0. The molecule has 0 saturated carbocycles. The molecule has 1 N–H and O–H groups in total. The van der Waals surface area contributed by atoms with E-state index in [1.807, 2.05) is 6.07 Å². The average molecular weight is 230 g/mol. The molecule has 2 rings (SSSR count). The molecule has 3 nitrogen and oxygen atoms in total. The first-order chi connectivity index (χ1) is 6.84. The monoisotopic (exact) mass is 229 g/mol. The largest absolute Gasteiger partial charge is 0.316 e. The molecule has 0 unspecified atom stereocenters. The molecule has 1 saturated heterocycles. The third kappa shape index (κ3) is 2.83. The molecule has 14 heavy (non-hydrogen) atoms. The molecule has 0 amide bonds. The van der Waals surface area contributed by atoms with Crippen LogP contribution in [-0.2, 0) is 0 Å². The molecule has 0 spiro atoms. The molecule has 0 bridgehead atoms. The number of halogens is 1. The van der Waals surface area contributed by atoms with Crippen LogP contribution in [0.5, 0.6) is 0 Å². The van der Waals surface area contributed by atoms with Crippen molar-refractivity contribution in [1.82, 2.24) is 15.3 Å². The normalized spacial score (nSPS) is 22.2. The second-order valence-corrected chi connectivity index (χ2v) is 4.97. The predicted octanol–water partition coefficient (Wildman–Crippen LogP) is 1.97. The zero-order chi connectivity index (χ0) is 9.80. The lowest BCUT2D eigenvalue weighted by atomic mass is 10.2. The van der Waals surface area contributed by atoms with Crippen LogP contribution in [0.3, 0.4) is 0 Å². The average Bonchev–Trinajstić information content (AvgIpc) is 2.19. The third-order valence-corrected chi connectivity index (χ3v) is 3.55. The Balaban J connectivity index is 1.95. The molecule has 1 fully saturated rings. The summed E-state index contributed by atoms with van der Waals surface area (Å²) in [4.78, 5) is 8.03. The van der Waals surface area contributed by atoms with Gasteiger partial charge in [0.05, 0.1) is 0 Å². The second-order valence-electron chi connectivity index (χ2n) is 3.27. The standard InChI is InChI=1S/C9H12ClN3S/c10-8-4-9(13-6-12-8)14-7-2-1-3-11-5-7/h4,6-7,11H,1-3,5H2/t7-/m1/s1. The summed E-state index contributed by atoms with van der Waals surface area (Å²) < 4.78 is 0. The van der Waals surface area contributed by atoms with Crippen LogP contribution < -0.4 is 5.32 Å². The molecule has 1 aromatic rings. The van der Waals surface area contributed by atoms with E-state index in [2.05, 4.69) is 15.3 Å². The SMILES string of the molecule is Clc1cc(S[C@@H]2CCCNC2)ncn1. The van der Waals surface area contributed by atoms with Crippen LogP contribution in [0.15, 0.2) is 17.4 Å². The fraction of sp³-hybridized carbons (Fsp3) is 0.556. The van der Waals surface area contributed by atoms with E-state index in [0.717, 1.165) is 18.1 Å². The highest BCUT2D eigenvalue weighted by molar-refractivity contribution is 7.99. The van der Waals surface area contributed by atoms with E-state index in [0.29, 0.717) is 10.4 Å². The smallest absolute Gasteiger partial charge is 0.133 e. The van der Waals surface area contributed by atoms with Crippen LogP contribution >= 0.6 is 23.4 Å². The van der Waals surface area contributed by atoms with Gasteiger partial charge in [-0.3, -0.25) is 0 Å². The van der Waals surface area contributed by atoms with Gasteiger partial charge in [0.15, 0.2) is 0 Å². The molecule has 0 aromatic carbocycles. The summed E-state index contributed by atoms with van der Waals surface area (Å²) in [5, 5.41) is 5.48. The molecule has 1 aliphatic heterocycles. The fourth-order valence-electron chi connectivity index (χ4n) is 1.47. The van der Waals surface area contributed by atoms with Crippen molar-refractivity contribution < 1.29 is 0 Å². The van der Waals surface area contributed by atoms with E-state index >= 15 is 0 Å². The highest BCUT2D eigenvalue weighted by Crippen LogP contribution is 2.26.